The minimum atomic E-state index is -0.702. The minimum absolute atomic E-state index is 0.244. The second-order valence-electron chi connectivity index (χ2n) is 10.1. The number of nitriles is 1. The van der Waals surface area contributed by atoms with Crippen LogP contribution >= 0.6 is 0 Å². The summed E-state index contributed by atoms with van der Waals surface area (Å²) >= 11 is 0. The van der Waals surface area contributed by atoms with E-state index in [1.165, 1.54) is 76.3 Å². The molecule has 3 aliphatic carbocycles. The second kappa shape index (κ2) is 9.15. The highest BCUT2D eigenvalue weighted by molar-refractivity contribution is 5.36. The van der Waals surface area contributed by atoms with Gasteiger partial charge in [0.15, 0.2) is 0 Å². The molecule has 0 spiro atoms. The summed E-state index contributed by atoms with van der Waals surface area (Å²) in [6.45, 7) is 2.31. The first-order valence-electron chi connectivity index (χ1n) is 12.0. The van der Waals surface area contributed by atoms with Crippen LogP contribution in [0.1, 0.15) is 101 Å². The lowest BCUT2D eigenvalue weighted by Gasteiger charge is -2.45. The Balaban J connectivity index is 1.34. The highest BCUT2D eigenvalue weighted by Gasteiger charge is 2.39. The largest absolute Gasteiger partial charge is 0.205 e. The van der Waals surface area contributed by atoms with Crippen molar-refractivity contribution in [3.63, 3.8) is 0 Å². The van der Waals surface area contributed by atoms with Gasteiger partial charge in [-0.2, -0.15) is 5.26 Å². The van der Waals surface area contributed by atoms with Gasteiger partial charge in [0.1, 0.15) is 23.3 Å². The van der Waals surface area contributed by atoms with Crippen LogP contribution in [0.3, 0.4) is 0 Å². The lowest BCUT2D eigenvalue weighted by atomic mass is 9.60. The Labute approximate surface area is 174 Å². The Morgan fingerprint density at radius 1 is 0.828 bits per heavy atom. The third-order valence-corrected chi connectivity index (χ3v) is 8.56. The van der Waals surface area contributed by atoms with Crippen molar-refractivity contribution >= 4 is 0 Å². The molecule has 1 aromatic carbocycles. The van der Waals surface area contributed by atoms with Crippen molar-refractivity contribution < 1.29 is 8.78 Å². The zero-order valence-electron chi connectivity index (χ0n) is 17.8. The molecule has 1 nitrogen and oxygen atoms in total. The maximum atomic E-state index is 14.1. The molecule has 0 amide bonds. The summed E-state index contributed by atoms with van der Waals surface area (Å²) in [7, 11) is 0. The van der Waals surface area contributed by atoms with Gasteiger partial charge in [0, 0.05) is 0 Å². The van der Waals surface area contributed by atoms with E-state index in [9.17, 15) is 8.78 Å². The number of halogens is 2. The van der Waals surface area contributed by atoms with Gasteiger partial charge in [-0.1, -0.05) is 32.6 Å². The summed E-state index contributed by atoms with van der Waals surface area (Å²) in [5.41, 5.74) is 0.311. The second-order valence-corrected chi connectivity index (χ2v) is 10.1. The number of hydrogen-bond donors (Lipinski definition) is 0. The quantitative estimate of drug-likeness (QED) is 0.508. The van der Waals surface area contributed by atoms with Gasteiger partial charge in [-0.15, -0.1) is 0 Å². The van der Waals surface area contributed by atoms with Gasteiger partial charge in [0.2, 0.25) is 0 Å². The molecule has 0 heterocycles. The predicted octanol–water partition coefficient (Wildman–Crippen LogP) is 7.74. The standard InChI is InChI=1S/C26H35F2N/c1-2-3-17-4-6-18(7-5-17)19-8-9-21-13-22(11-10-20(21)12-19)23-14-25(27)24(16-29)26(28)15-23/h14-15,17-22H,2-13H2,1H3. The molecule has 29 heavy (non-hydrogen) atoms. The van der Waals surface area contributed by atoms with Crippen LogP contribution in [0.25, 0.3) is 0 Å². The van der Waals surface area contributed by atoms with Crippen molar-refractivity contribution in [2.75, 3.05) is 0 Å². The summed E-state index contributed by atoms with van der Waals surface area (Å²) < 4.78 is 28.1. The van der Waals surface area contributed by atoms with Crippen molar-refractivity contribution in [2.24, 2.45) is 29.6 Å². The van der Waals surface area contributed by atoms with E-state index in [0.717, 1.165) is 42.1 Å². The van der Waals surface area contributed by atoms with Crippen LogP contribution in [0.2, 0.25) is 0 Å². The molecule has 3 fully saturated rings. The number of rotatable bonds is 4. The molecule has 3 heteroatoms. The molecule has 0 N–H and O–H groups in total. The zero-order chi connectivity index (χ0) is 20.4. The fraction of sp³-hybridized carbons (Fsp3) is 0.731. The van der Waals surface area contributed by atoms with Crippen LogP contribution in [0.4, 0.5) is 8.78 Å². The Hall–Kier alpha value is -1.43. The lowest BCUT2D eigenvalue weighted by Crippen LogP contribution is -2.34. The van der Waals surface area contributed by atoms with Crippen molar-refractivity contribution in [1.82, 2.24) is 0 Å². The van der Waals surface area contributed by atoms with E-state index >= 15 is 0 Å². The summed E-state index contributed by atoms with van der Waals surface area (Å²) in [5.74, 6) is 3.21. The molecule has 4 atom stereocenters. The molecular formula is C26H35F2N. The van der Waals surface area contributed by atoms with E-state index in [2.05, 4.69) is 6.92 Å². The summed E-state index contributed by atoms with van der Waals surface area (Å²) in [6, 6.07) is 4.45. The summed E-state index contributed by atoms with van der Waals surface area (Å²) in [6.07, 6.45) is 15.8. The Kier molecular flexibility index (Phi) is 6.57. The minimum Gasteiger partial charge on any atom is -0.205 e. The smallest absolute Gasteiger partial charge is 0.144 e. The molecule has 0 bridgehead atoms. The first kappa shape index (κ1) is 20.8. The number of nitrogens with zero attached hydrogens (tertiary/aromatic N) is 1. The van der Waals surface area contributed by atoms with Gasteiger partial charge in [0.25, 0.3) is 0 Å². The van der Waals surface area contributed by atoms with E-state index in [1.54, 1.807) is 6.07 Å². The molecule has 158 valence electrons. The Bertz CT molecular complexity index is 721. The maximum Gasteiger partial charge on any atom is 0.144 e. The van der Waals surface area contributed by atoms with E-state index < -0.39 is 17.2 Å². The maximum absolute atomic E-state index is 14.1. The van der Waals surface area contributed by atoms with Gasteiger partial charge in [-0.05, 0) is 105 Å². The third-order valence-electron chi connectivity index (χ3n) is 8.56. The van der Waals surface area contributed by atoms with Crippen LogP contribution in [-0.2, 0) is 0 Å². The number of fused-ring (bicyclic) bond motifs is 1. The average Bonchev–Trinajstić information content (AvgIpc) is 2.73. The first-order valence-corrected chi connectivity index (χ1v) is 12.0. The van der Waals surface area contributed by atoms with Crippen LogP contribution in [-0.4, -0.2) is 0 Å². The molecule has 3 saturated carbocycles. The summed E-state index contributed by atoms with van der Waals surface area (Å²) in [5, 5.41) is 8.90. The van der Waals surface area contributed by atoms with Gasteiger partial charge in [0.05, 0.1) is 0 Å². The third kappa shape index (κ3) is 4.52. The van der Waals surface area contributed by atoms with Gasteiger partial charge >= 0.3 is 0 Å². The summed E-state index contributed by atoms with van der Waals surface area (Å²) in [4.78, 5) is 0. The van der Waals surface area contributed by atoms with E-state index in [4.69, 9.17) is 5.26 Å². The van der Waals surface area contributed by atoms with Gasteiger partial charge in [-0.25, -0.2) is 8.78 Å². The molecule has 1 aromatic rings. The number of hydrogen-bond acceptors (Lipinski definition) is 1. The van der Waals surface area contributed by atoms with Gasteiger partial charge < -0.3 is 0 Å². The highest BCUT2D eigenvalue weighted by Crippen LogP contribution is 2.51. The molecule has 0 saturated heterocycles. The highest BCUT2D eigenvalue weighted by atomic mass is 19.1. The van der Waals surface area contributed by atoms with E-state index in [1.807, 2.05) is 0 Å². The van der Waals surface area contributed by atoms with Crippen LogP contribution in [0.15, 0.2) is 12.1 Å². The van der Waals surface area contributed by atoms with Gasteiger partial charge in [-0.3, -0.25) is 0 Å². The van der Waals surface area contributed by atoms with Crippen molar-refractivity contribution in [3.8, 4) is 6.07 Å². The van der Waals surface area contributed by atoms with Crippen LogP contribution < -0.4 is 0 Å². The first-order chi connectivity index (χ1) is 14.1. The lowest BCUT2D eigenvalue weighted by molar-refractivity contribution is 0.0711. The van der Waals surface area contributed by atoms with Crippen molar-refractivity contribution in [2.45, 2.75) is 89.9 Å². The normalized spacial score (nSPS) is 35.0. The van der Waals surface area contributed by atoms with E-state index in [0.29, 0.717) is 5.92 Å². The predicted molar refractivity (Wildman–Crippen MR) is 112 cm³/mol. The molecule has 4 unspecified atom stereocenters. The zero-order valence-corrected chi connectivity index (χ0v) is 17.8. The fourth-order valence-corrected chi connectivity index (χ4v) is 6.95. The molecule has 0 radical (unpaired) electrons. The van der Waals surface area contributed by atoms with Crippen molar-refractivity contribution in [1.29, 1.82) is 5.26 Å². The Morgan fingerprint density at radius 3 is 2.00 bits per heavy atom. The average molecular weight is 400 g/mol. The topological polar surface area (TPSA) is 23.8 Å². The van der Waals surface area contributed by atoms with Crippen LogP contribution in [0.5, 0.6) is 0 Å². The molecule has 4 rings (SSSR count). The molecule has 0 aromatic heterocycles. The van der Waals surface area contributed by atoms with Crippen LogP contribution in [0, 0.1) is 52.6 Å². The monoisotopic (exact) mass is 399 g/mol. The van der Waals surface area contributed by atoms with Crippen molar-refractivity contribution in [3.05, 3.63) is 34.9 Å². The molecule has 0 aliphatic heterocycles. The number of benzene rings is 1. The SMILES string of the molecule is CCCC1CCC(C2CCC3CC(c4cc(F)c(C#N)c(F)c4)CCC3C2)CC1. The molecule has 3 aliphatic rings. The Morgan fingerprint density at radius 2 is 1.38 bits per heavy atom. The fourth-order valence-electron chi connectivity index (χ4n) is 6.95. The molecular weight excluding hydrogens is 364 g/mol. The van der Waals surface area contributed by atoms with E-state index in [-0.39, 0.29) is 5.92 Å².